The van der Waals surface area contributed by atoms with Gasteiger partial charge < -0.3 is 15.0 Å². The van der Waals surface area contributed by atoms with E-state index in [9.17, 15) is 9.18 Å². The molecule has 1 aliphatic heterocycles. The van der Waals surface area contributed by atoms with Crippen molar-refractivity contribution in [2.24, 2.45) is 5.92 Å². The van der Waals surface area contributed by atoms with Crippen LogP contribution in [0.25, 0.3) is 0 Å². The number of carbonyl (C=O) groups is 1. The van der Waals surface area contributed by atoms with Crippen molar-refractivity contribution in [3.63, 3.8) is 0 Å². The molecule has 1 amide bonds. The van der Waals surface area contributed by atoms with Gasteiger partial charge in [0.25, 0.3) is 0 Å². The van der Waals surface area contributed by atoms with Crippen LogP contribution < -0.4 is 10.1 Å². The summed E-state index contributed by atoms with van der Waals surface area (Å²) < 4.78 is 19.2. The van der Waals surface area contributed by atoms with Crippen LogP contribution in [-0.2, 0) is 4.79 Å². The van der Waals surface area contributed by atoms with Crippen LogP contribution in [0.3, 0.4) is 0 Å². The normalized spacial score (nSPS) is 24.6. The first-order valence-corrected chi connectivity index (χ1v) is 10.5. The van der Waals surface area contributed by atoms with Gasteiger partial charge in [-0.1, -0.05) is 11.6 Å². The average Bonchev–Trinajstić information content (AvgIpc) is 2.65. The average molecular weight is 397 g/mol. The van der Waals surface area contributed by atoms with Crippen molar-refractivity contribution in [3.05, 3.63) is 29.0 Å². The first-order valence-electron chi connectivity index (χ1n) is 10.1. The zero-order valence-corrected chi connectivity index (χ0v) is 16.8. The molecule has 1 aromatic rings. The molecule has 1 saturated heterocycles. The van der Waals surface area contributed by atoms with E-state index < -0.39 is 5.82 Å². The quantitative estimate of drug-likeness (QED) is 0.774. The molecule has 1 N–H and O–H groups in total. The van der Waals surface area contributed by atoms with Crippen LogP contribution in [0.15, 0.2) is 18.2 Å². The largest absolute Gasteiger partial charge is 0.490 e. The Bertz CT molecular complexity index is 627. The molecule has 1 heterocycles. The lowest BCUT2D eigenvalue weighted by Gasteiger charge is -2.34. The monoisotopic (exact) mass is 396 g/mol. The lowest BCUT2D eigenvalue weighted by Crippen LogP contribution is -2.40. The molecular formula is C21H30ClFN2O2. The fraction of sp³-hybridized carbons (Fsp3) is 0.667. The Morgan fingerprint density at radius 1 is 1.22 bits per heavy atom. The van der Waals surface area contributed by atoms with Crippen molar-refractivity contribution >= 4 is 17.5 Å². The Balaban J connectivity index is 1.33. The SMILES string of the molecule is CC(=O)N[C@H]1CC[C@H](CCN2CCC(Oc3ccc(F)c(Cl)c3)CC2)CC1. The summed E-state index contributed by atoms with van der Waals surface area (Å²) in [5, 5.41) is 3.16. The minimum Gasteiger partial charge on any atom is -0.490 e. The molecule has 3 rings (SSSR count). The maximum Gasteiger partial charge on any atom is 0.217 e. The molecule has 0 bridgehead atoms. The van der Waals surface area contributed by atoms with E-state index in [1.807, 2.05) is 0 Å². The number of benzene rings is 1. The number of carbonyl (C=O) groups excluding carboxylic acids is 1. The molecule has 1 aliphatic carbocycles. The van der Waals surface area contributed by atoms with Crippen LogP contribution in [0, 0.1) is 11.7 Å². The summed E-state index contributed by atoms with van der Waals surface area (Å²) in [5.74, 6) is 1.11. The minimum atomic E-state index is -0.412. The molecule has 0 radical (unpaired) electrons. The van der Waals surface area contributed by atoms with E-state index in [1.54, 1.807) is 19.1 Å². The molecule has 0 atom stereocenters. The Morgan fingerprint density at radius 3 is 2.56 bits per heavy atom. The zero-order chi connectivity index (χ0) is 19.2. The zero-order valence-electron chi connectivity index (χ0n) is 16.1. The Morgan fingerprint density at radius 2 is 1.93 bits per heavy atom. The summed E-state index contributed by atoms with van der Waals surface area (Å²) >= 11 is 5.82. The number of nitrogens with one attached hydrogen (secondary N) is 1. The number of likely N-dealkylation sites (tertiary alicyclic amines) is 1. The highest BCUT2D eigenvalue weighted by atomic mass is 35.5. The molecule has 2 fully saturated rings. The standard InChI is InChI=1S/C21H30ClFN2O2/c1-15(26)24-17-4-2-16(3-5-17)8-11-25-12-9-18(10-13-25)27-19-6-7-21(23)20(22)14-19/h6-7,14,16-18H,2-5,8-13H2,1H3,(H,24,26)/t16-,17-. The minimum absolute atomic E-state index is 0.0893. The third-order valence-electron chi connectivity index (χ3n) is 5.84. The van der Waals surface area contributed by atoms with Gasteiger partial charge >= 0.3 is 0 Å². The van der Waals surface area contributed by atoms with Gasteiger partial charge in [-0.3, -0.25) is 4.79 Å². The van der Waals surface area contributed by atoms with Gasteiger partial charge in [0, 0.05) is 32.1 Å². The Kier molecular flexibility index (Phi) is 7.36. The van der Waals surface area contributed by atoms with Gasteiger partial charge in [0.15, 0.2) is 0 Å². The third kappa shape index (κ3) is 6.35. The van der Waals surface area contributed by atoms with Crippen molar-refractivity contribution in [1.82, 2.24) is 10.2 Å². The number of amides is 1. The Labute approximate surface area is 166 Å². The second-order valence-corrected chi connectivity index (χ2v) is 8.35. The highest BCUT2D eigenvalue weighted by molar-refractivity contribution is 6.30. The van der Waals surface area contributed by atoms with Crippen LogP contribution in [0.2, 0.25) is 5.02 Å². The smallest absolute Gasteiger partial charge is 0.217 e. The fourth-order valence-electron chi connectivity index (χ4n) is 4.24. The predicted molar refractivity (Wildman–Crippen MR) is 106 cm³/mol. The van der Waals surface area contributed by atoms with Gasteiger partial charge in [-0.05, 0) is 69.5 Å². The van der Waals surface area contributed by atoms with Gasteiger partial charge in [-0.25, -0.2) is 4.39 Å². The molecule has 1 saturated carbocycles. The van der Waals surface area contributed by atoms with E-state index >= 15 is 0 Å². The highest BCUT2D eigenvalue weighted by Gasteiger charge is 2.24. The van der Waals surface area contributed by atoms with E-state index in [1.165, 1.54) is 25.3 Å². The van der Waals surface area contributed by atoms with Crippen molar-refractivity contribution < 1.29 is 13.9 Å². The predicted octanol–water partition coefficient (Wildman–Crippen LogP) is 4.41. The van der Waals surface area contributed by atoms with Crippen LogP contribution in [0.4, 0.5) is 4.39 Å². The molecule has 0 aromatic heterocycles. The number of nitrogens with zero attached hydrogens (tertiary/aromatic N) is 1. The van der Waals surface area contributed by atoms with Crippen molar-refractivity contribution in [2.75, 3.05) is 19.6 Å². The molecular weight excluding hydrogens is 367 g/mol. The third-order valence-corrected chi connectivity index (χ3v) is 6.13. The maximum atomic E-state index is 13.2. The van der Waals surface area contributed by atoms with Crippen LogP contribution in [0.1, 0.15) is 51.9 Å². The number of ether oxygens (including phenoxy) is 1. The summed E-state index contributed by atoms with van der Waals surface area (Å²) in [6, 6.07) is 4.94. The van der Waals surface area contributed by atoms with E-state index in [-0.39, 0.29) is 17.0 Å². The second kappa shape index (κ2) is 9.74. The van der Waals surface area contributed by atoms with Crippen molar-refractivity contribution in [2.45, 2.75) is 64.0 Å². The lowest BCUT2D eigenvalue weighted by atomic mass is 9.84. The summed E-state index contributed by atoms with van der Waals surface area (Å²) in [6.45, 7) is 4.83. The van der Waals surface area contributed by atoms with Crippen molar-refractivity contribution in [1.29, 1.82) is 0 Å². The van der Waals surface area contributed by atoms with Gasteiger partial charge in [0.2, 0.25) is 5.91 Å². The fourth-order valence-corrected chi connectivity index (χ4v) is 4.41. The molecule has 150 valence electrons. The molecule has 0 spiro atoms. The van der Waals surface area contributed by atoms with E-state index in [4.69, 9.17) is 16.3 Å². The summed E-state index contributed by atoms with van der Waals surface area (Å²) in [5.41, 5.74) is 0. The number of halogens is 2. The number of hydrogen-bond donors (Lipinski definition) is 1. The van der Waals surface area contributed by atoms with Gasteiger partial charge in [0.05, 0.1) is 5.02 Å². The van der Waals surface area contributed by atoms with Gasteiger partial charge in [-0.15, -0.1) is 0 Å². The van der Waals surface area contributed by atoms with E-state index in [0.29, 0.717) is 11.8 Å². The highest BCUT2D eigenvalue weighted by Crippen LogP contribution is 2.28. The maximum absolute atomic E-state index is 13.2. The molecule has 2 aliphatic rings. The summed E-state index contributed by atoms with van der Waals surface area (Å²) in [4.78, 5) is 13.7. The first-order chi connectivity index (χ1) is 13.0. The van der Waals surface area contributed by atoms with E-state index in [2.05, 4.69) is 10.2 Å². The number of hydrogen-bond acceptors (Lipinski definition) is 3. The molecule has 6 heteroatoms. The Hall–Kier alpha value is -1.33. The molecule has 0 unspecified atom stereocenters. The van der Waals surface area contributed by atoms with Crippen LogP contribution in [0.5, 0.6) is 5.75 Å². The number of piperidine rings is 1. The lowest BCUT2D eigenvalue weighted by molar-refractivity contribution is -0.119. The van der Waals surface area contributed by atoms with Crippen LogP contribution >= 0.6 is 11.6 Å². The topological polar surface area (TPSA) is 41.6 Å². The number of rotatable bonds is 6. The summed E-state index contributed by atoms with van der Waals surface area (Å²) in [6.07, 6.45) is 8.06. The van der Waals surface area contributed by atoms with E-state index in [0.717, 1.165) is 51.2 Å². The summed E-state index contributed by atoms with van der Waals surface area (Å²) in [7, 11) is 0. The van der Waals surface area contributed by atoms with Crippen molar-refractivity contribution in [3.8, 4) is 5.75 Å². The second-order valence-electron chi connectivity index (χ2n) is 7.94. The molecule has 1 aromatic carbocycles. The van der Waals surface area contributed by atoms with Gasteiger partial charge in [-0.2, -0.15) is 0 Å². The molecule has 4 nitrogen and oxygen atoms in total. The van der Waals surface area contributed by atoms with Crippen LogP contribution in [-0.4, -0.2) is 42.6 Å². The first kappa shape index (κ1) is 20.4. The molecule has 27 heavy (non-hydrogen) atoms. The van der Waals surface area contributed by atoms with Gasteiger partial charge in [0.1, 0.15) is 17.7 Å².